The number of carbonyl (C=O) groups excluding carboxylic acids is 2. The number of amides is 2. The minimum Gasteiger partial charge on any atom is -0.493 e. The van der Waals surface area contributed by atoms with Crippen LogP contribution in [0.25, 0.3) is 6.08 Å². The maximum atomic E-state index is 12.6. The molecule has 0 aromatic heterocycles. The van der Waals surface area contributed by atoms with E-state index in [1.54, 1.807) is 42.5 Å². The minimum atomic E-state index is -4.10. The van der Waals surface area contributed by atoms with Crippen molar-refractivity contribution in [3.05, 3.63) is 95.2 Å². The number of nitrogens with two attached hydrogens (primary N) is 1. The first kappa shape index (κ1) is 24.5. The predicted octanol–water partition coefficient (Wildman–Crippen LogP) is 2.53. The number of nitrogens with one attached hydrogen (secondary N) is 2. The van der Waals surface area contributed by atoms with Gasteiger partial charge in [0, 0.05) is 5.56 Å². The van der Waals surface area contributed by atoms with Crippen molar-refractivity contribution >= 4 is 28.0 Å². The van der Waals surface area contributed by atoms with Gasteiger partial charge in [-0.2, -0.15) is 8.42 Å². The molecule has 0 aliphatic heterocycles. The molecule has 0 saturated carbocycles. The number of hydrazine groups is 1. The minimum absolute atomic E-state index is 0.00495. The number of aryl methyl sites for hydroxylation is 1. The van der Waals surface area contributed by atoms with Crippen LogP contribution in [0, 0.1) is 6.92 Å². The largest absolute Gasteiger partial charge is 0.493 e. The fourth-order valence-corrected chi connectivity index (χ4v) is 3.84. The third-order valence-electron chi connectivity index (χ3n) is 4.67. The third kappa shape index (κ3) is 6.00. The first-order valence-corrected chi connectivity index (χ1v) is 11.4. The monoisotopic (exact) mass is 481 g/mol. The van der Waals surface area contributed by atoms with Gasteiger partial charge in [-0.15, -0.1) is 0 Å². The lowest BCUT2D eigenvalue weighted by Gasteiger charge is -2.12. The normalized spacial score (nSPS) is 11.4. The molecule has 3 rings (SSSR count). The Morgan fingerprint density at radius 3 is 2.24 bits per heavy atom. The number of benzene rings is 3. The number of hydrogen-bond acceptors (Lipinski definition) is 7. The number of methoxy groups -OCH3 is 1. The highest BCUT2D eigenvalue weighted by Gasteiger charge is 2.20. The van der Waals surface area contributed by atoms with Gasteiger partial charge < -0.3 is 14.2 Å². The van der Waals surface area contributed by atoms with E-state index >= 15 is 0 Å². The van der Waals surface area contributed by atoms with Gasteiger partial charge in [-0.3, -0.25) is 15.0 Å². The average molecular weight is 482 g/mol. The summed E-state index contributed by atoms with van der Waals surface area (Å²) in [5, 5.41) is 2.51. The molecule has 0 atom stereocenters. The standard InChI is InChI=1S/C24H23N3O6S/c1-16-8-11-19(12-9-16)34(30,31)33-21-13-10-17(15-22(21)32-2)14-20(24(29)27-25)26-23(28)18-6-4-3-5-7-18/h3-15H,25H2,1-2H3,(H,26,28)(H,27,29)/b20-14-. The van der Waals surface area contributed by atoms with Gasteiger partial charge in [-0.1, -0.05) is 42.0 Å². The summed E-state index contributed by atoms with van der Waals surface area (Å²) in [7, 11) is -2.75. The maximum absolute atomic E-state index is 12.6. The summed E-state index contributed by atoms with van der Waals surface area (Å²) in [5.74, 6) is 4.07. The molecular formula is C24H23N3O6S. The van der Waals surface area contributed by atoms with Crippen molar-refractivity contribution < 1.29 is 26.9 Å². The highest BCUT2D eigenvalue weighted by molar-refractivity contribution is 7.87. The van der Waals surface area contributed by atoms with Crippen molar-refractivity contribution in [1.29, 1.82) is 0 Å². The van der Waals surface area contributed by atoms with Crippen molar-refractivity contribution in [2.24, 2.45) is 5.84 Å². The molecule has 0 aliphatic rings. The summed E-state index contributed by atoms with van der Waals surface area (Å²) in [6.07, 6.45) is 1.36. The van der Waals surface area contributed by atoms with Gasteiger partial charge in [-0.05, 0) is 55.0 Å². The Morgan fingerprint density at radius 1 is 0.941 bits per heavy atom. The van der Waals surface area contributed by atoms with E-state index in [1.807, 2.05) is 12.3 Å². The van der Waals surface area contributed by atoms with Gasteiger partial charge in [0.2, 0.25) is 0 Å². The third-order valence-corrected chi connectivity index (χ3v) is 5.92. The Balaban J connectivity index is 1.89. The van der Waals surface area contributed by atoms with Crippen LogP contribution in [0.5, 0.6) is 11.5 Å². The Bertz CT molecular complexity index is 1320. The van der Waals surface area contributed by atoms with E-state index in [0.29, 0.717) is 11.1 Å². The Morgan fingerprint density at radius 2 is 1.62 bits per heavy atom. The van der Waals surface area contributed by atoms with Crippen LogP contribution in [0.1, 0.15) is 21.5 Å². The predicted molar refractivity (Wildman–Crippen MR) is 126 cm³/mol. The number of hydrogen-bond donors (Lipinski definition) is 3. The second-order valence-electron chi connectivity index (χ2n) is 7.11. The van der Waals surface area contributed by atoms with E-state index in [0.717, 1.165) is 5.56 Å². The van der Waals surface area contributed by atoms with Crippen molar-refractivity contribution in [2.75, 3.05) is 7.11 Å². The first-order valence-electron chi connectivity index (χ1n) is 10.0. The molecule has 10 heteroatoms. The molecule has 0 unspecified atom stereocenters. The molecule has 34 heavy (non-hydrogen) atoms. The molecule has 0 radical (unpaired) electrons. The molecule has 0 spiro atoms. The lowest BCUT2D eigenvalue weighted by atomic mass is 10.1. The smallest absolute Gasteiger partial charge is 0.339 e. The summed E-state index contributed by atoms with van der Waals surface area (Å²) >= 11 is 0. The molecule has 176 valence electrons. The topological polar surface area (TPSA) is 137 Å². The summed E-state index contributed by atoms with van der Waals surface area (Å²) in [5.41, 5.74) is 3.53. The van der Waals surface area contributed by atoms with Gasteiger partial charge in [0.25, 0.3) is 11.8 Å². The summed E-state index contributed by atoms with van der Waals surface area (Å²) in [6.45, 7) is 1.84. The van der Waals surface area contributed by atoms with Gasteiger partial charge in [0.15, 0.2) is 11.5 Å². The molecule has 2 amide bonds. The van der Waals surface area contributed by atoms with E-state index in [9.17, 15) is 18.0 Å². The zero-order valence-electron chi connectivity index (χ0n) is 18.4. The Hall–Kier alpha value is -4.15. The van der Waals surface area contributed by atoms with E-state index in [4.69, 9.17) is 14.8 Å². The average Bonchev–Trinajstić information content (AvgIpc) is 2.84. The van der Waals surface area contributed by atoms with Crippen molar-refractivity contribution in [1.82, 2.24) is 10.7 Å². The lowest BCUT2D eigenvalue weighted by Crippen LogP contribution is -2.38. The molecule has 3 aromatic rings. The molecule has 0 bridgehead atoms. The highest BCUT2D eigenvalue weighted by atomic mass is 32.2. The van der Waals surface area contributed by atoms with Gasteiger partial charge in [0.05, 0.1) is 7.11 Å². The van der Waals surface area contributed by atoms with Gasteiger partial charge >= 0.3 is 10.1 Å². The molecule has 0 saturated heterocycles. The summed E-state index contributed by atoms with van der Waals surface area (Å²) in [4.78, 5) is 24.7. The number of rotatable bonds is 8. The molecular weight excluding hydrogens is 458 g/mol. The van der Waals surface area contributed by atoms with E-state index < -0.39 is 21.9 Å². The Kier molecular flexibility index (Phi) is 7.67. The molecule has 3 aromatic carbocycles. The zero-order valence-corrected chi connectivity index (χ0v) is 19.3. The van der Waals surface area contributed by atoms with Crippen molar-refractivity contribution in [2.45, 2.75) is 11.8 Å². The van der Waals surface area contributed by atoms with E-state index in [1.165, 1.54) is 43.5 Å². The number of ether oxygens (including phenoxy) is 1. The molecule has 4 N–H and O–H groups in total. The van der Waals surface area contributed by atoms with Crippen LogP contribution in [0.4, 0.5) is 0 Å². The van der Waals surface area contributed by atoms with Crippen LogP contribution >= 0.6 is 0 Å². The zero-order chi connectivity index (χ0) is 24.7. The lowest BCUT2D eigenvalue weighted by molar-refractivity contribution is -0.117. The van der Waals surface area contributed by atoms with Crippen LogP contribution in [0.15, 0.2) is 83.4 Å². The second-order valence-corrected chi connectivity index (χ2v) is 8.66. The molecule has 0 aliphatic carbocycles. The highest BCUT2D eigenvalue weighted by Crippen LogP contribution is 2.31. The van der Waals surface area contributed by atoms with Crippen LogP contribution in [0.2, 0.25) is 0 Å². The number of carbonyl (C=O) groups is 2. The SMILES string of the molecule is COc1cc(/C=C(\NC(=O)c2ccccc2)C(=O)NN)ccc1OS(=O)(=O)c1ccc(C)cc1. The quantitative estimate of drug-likeness (QED) is 0.148. The van der Waals surface area contributed by atoms with Crippen molar-refractivity contribution in [3.63, 3.8) is 0 Å². The first-order chi connectivity index (χ1) is 16.2. The fourth-order valence-electron chi connectivity index (χ4n) is 2.90. The second kappa shape index (κ2) is 10.6. The maximum Gasteiger partial charge on any atom is 0.339 e. The van der Waals surface area contributed by atoms with E-state index in [-0.39, 0.29) is 22.1 Å². The fraction of sp³-hybridized carbons (Fsp3) is 0.0833. The molecule has 9 nitrogen and oxygen atoms in total. The van der Waals surface area contributed by atoms with Crippen molar-refractivity contribution in [3.8, 4) is 11.5 Å². The van der Waals surface area contributed by atoms with Crippen LogP contribution in [-0.2, 0) is 14.9 Å². The Labute approximate surface area is 197 Å². The summed E-state index contributed by atoms with van der Waals surface area (Å²) < 4.78 is 35.8. The molecule has 0 fully saturated rings. The van der Waals surface area contributed by atoms with Crippen LogP contribution < -0.4 is 25.5 Å². The van der Waals surface area contributed by atoms with Crippen LogP contribution in [-0.4, -0.2) is 27.3 Å². The van der Waals surface area contributed by atoms with Gasteiger partial charge in [0.1, 0.15) is 10.6 Å². The summed E-state index contributed by atoms with van der Waals surface area (Å²) in [6, 6.07) is 18.9. The van der Waals surface area contributed by atoms with Crippen LogP contribution in [0.3, 0.4) is 0 Å². The van der Waals surface area contributed by atoms with E-state index in [2.05, 4.69) is 5.32 Å². The molecule has 0 heterocycles. The van der Waals surface area contributed by atoms with Gasteiger partial charge in [-0.25, -0.2) is 5.84 Å².